The first-order chi connectivity index (χ1) is 13.8. The minimum absolute atomic E-state index is 0.565. The zero-order valence-corrected chi connectivity index (χ0v) is 17.6. The summed E-state index contributed by atoms with van der Waals surface area (Å²) in [4.78, 5) is 68.8. The molecule has 0 bridgehead atoms. The molecular weight excluding hydrogens is 408 g/mol. The summed E-state index contributed by atoms with van der Waals surface area (Å²) in [7, 11) is 0. The zero-order chi connectivity index (χ0) is 23.4. The smallest absolute Gasteiger partial charge is 0.303 e. The summed E-state index contributed by atoms with van der Waals surface area (Å²) < 4.78 is 30.2. The van der Waals surface area contributed by atoms with Crippen LogP contribution in [0.15, 0.2) is 0 Å². The number of esters is 6. The van der Waals surface area contributed by atoms with E-state index in [1.54, 1.807) is 0 Å². The van der Waals surface area contributed by atoms with E-state index in [4.69, 9.17) is 28.4 Å². The molecule has 0 spiro atoms. The molecule has 30 heavy (non-hydrogen) atoms. The van der Waals surface area contributed by atoms with Crippen LogP contribution in [-0.2, 0) is 57.2 Å². The molecule has 0 unspecified atom stereocenters. The van der Waals surface area contributed by atoms with Crippen LogP contribution in [-0.4, -0.2) is 73.4 Å². The third-order valence-corrected chi connectivity index (χ3v) is 3.20. The lowest BCUT2D eigenvalue weighted by Gasteiger charge is -2.35. The van der Waals surface area contributed by atoms with Crippen LogP contribution in [0.1, 0.15) is 41.5 Å². The van der Waals surface area contributed by atoms with Gasteiger partial charge in [-0.2, -0.15) is 0 Å². The summed E-state index contributed by atoms with van der Waals surface area (Å²) >= 11 is 0. The van der Waals surface area contributed by atoms with E-state index < -0.39 is 73.4 Å². The molecular formula is C18H26O12. The Morgan fingerprint density at radius 3 is 0.933 bits per heavy atom. The van der Waals surface area contributed by atoms with Crippen molar-refractivity contribution in [2.24, 2.45) is 0 Å². The maximum atomic E-state index is 11.7. The second kappa shape index (κ2) is 13.1. The first-order valence-corrected chi connectivity index (χ1v) is 8.79. The van der Waals surface area contributed by atoms with E-state index >= 15 is 0 Å². The highest BCUT2D eigenvalue weighted by Crippen LogP contribution is 2.20. The molecule has 0 rings (SSSR count). The summed E-state index contributed by atoms with van der Waals surface area (Å²) in [6, 6.07) is 0. The van der Waals surface area contributed by atoms with Gasteiger partial charge in [-0.3, -0.25) is 28.8 Å². The van der Waals surface area contributed by atoms with E-state index in [1.807, 2.05) is 0 Å². The third kappa shape index (κ3) is 11.6. The molecule has 0 aromatic rings. The highest BCUT2D eigenvalue weighted by molar-refractivity contribution is 5.69. The van der Waals surface area contributed by atoms with Crippen molar-refractivity contribution < 1.29 is 57.2 Å². The lowest BCUT2D eigenvalue weighted by atomic mass is 10.0. The molecule has 0 aromatic heterocycles. The normalized spacial score (nSPS) is 14.2. The fourth-order valence-electron chi connectivity index (χ4n) is 2.31. The van der Waals surface area contributed by atoms with E-state index in [9.17, 15) is 28.8 Å². The number of carbonyl (C=O) groups is 6. The molecule has 0 N–H and O–H groups in total. The Balaban J connectivity index is 6.19. The van der Waals surface area contributed by atoms with E-state index in [2.05, 4.69) is 0 Å². The van der Waals surface area contributed by atoms with Crippen molar-refractivity contribution in [3.05, 3.63) is 0 Å². The van der Waals surface area contributed by atoms with E-state index in [1.165, 1.54) is 0 Å². The first kappa shape index (κ1) is 26.8. The van der Waals surface area contributed by atoms with Crippen LogP contribution in [0.4, 0.5) is 0 Å². The van der Waals surface area contributed by atoms with Gasteiger partial charge in [0.2, 0.25) is 0 Å². The Morgan fingerprint density at radius 2 is 0.733 bits per heavy atom. The maximum Gasteiger partial charge on any atom is 0.303 e. The van der Waals surface area contributed by atoms with Crippen molar-refractivity contribution in [1.29, 1.82) is 0 Å². The number of carbonyl (C=O) groups excluding carboxylic acids is 6. The van der Waals surface area contributed by atoms with Gasteiger partial charge in [0, 0.05) is 41.5 Å². The minimum Gasteiger partial charge on any atom is -0.462 e. The molecule has 0 amide bonds. The molecule has 170 valence electrons. The van der Waals surface area contributed by atoms with Gasteiger partial charge in [0.05, 0.1) is 0 Å². The molecule has 0 aliphatic carbocycles. The predicted molar refractivity (Wildman–Crippen MR) is 95.5 cm³/mol. The highest BCUT2D eigenvalue weighted by atomic mass is 16.6. The number of rotatable bonds is 11. The molecule has 0 heterocycles. The Hall–Kier alpha value is -3.18. The van der Waals surface area contributed by atoms with Crippen molar-refractivity contribution in [1.82, 2.24) is 0 Å². The Bertz CT molecular complexity index is 600. The SMILES string of the molecule is CC(=O)OC[C@H](OC(C)=O)[C@H](OC(C)=O)[C@@H](OC(C)=O)[C@@H](COC(C)=O)OC(C)=O. The quantitative estimate of drug-likeness (QED) is 0.313. The molecule has 0 aliphatic heterocycles. The molecule has 0 radical (unpaired) electrons. The van der Waals surface area contributed by atoms with Gasteiger partial charge in [0.15, 0.2) is 24.4 Å². The fraction of sp³-hybridized carbons (Fsp3) is 0.667. The van der Waals surface area contributed by atoms with E-state index in [0.717, 1.165) is 41.5 Å². The lowest BCUT2D eigenvalue weighted by Crippen LogP contribution is -2.54. The maximum absolute atomic E-state index is 11.7. The molecule has 0 fully saturated rings. The van der Waals surface area contributed by atoms with Gasteiger partial charge in [-0.1, -0.05) is 0 Å². The number of hydrogen-bond acceptors (Lipinski definition) is 12. The molecule has 12 nitrogen and oxygen atoms in total. The van der Waals surface area contributed by atoms with Crippen LogP contribution >= 0.6 is 0 Å². The topological polar surface area (TPSA) is 158 Å². The Kier molecular flexibility index (Phi) is 11.7. The van der Waals surface area contributed by atoms with Crippen LogP contribution in [0.2, 0.25) is 0 Å². The van der Waals surface area contributed by atoms with Gasteiger partial charge in [0.25, 0.3) is 0 Å². The van der Waals surface area contributed by atoms with Crippen LogP contribution in [0.25, 0.3) is 0 Å². The summed E-state index contributed by atoms with van der Waals surface area (Å²) in [6.07, 6.45) is -6.02. The zero-order valence-electron chi connectivity index (χ0n) is 17.6. The molecule has 0 aliphatic rings. The monoisotopic (exact) mass is 434 g/mol. The van der Waals surface area contributed by atoms with Gasteiger partial charge < -0.3 is 28.4 Å². The Labute approximate surface area is 173 Å². The highest BCUT2D eigenvalue weighted by Gasteiger charge is 2.44. The van der Waals surface area contributed by atoms with E-state index in [-0.39, 0.29) is 0 Å². The average molecular weight is 434 g/mol. The minimum atomic E-state index is -1.57. The van der Waals surface area contributed by atoms with Crippen LogP contribution in [0, 0.1) is 0 Å². The Morgan fingerprint density at radius 1 is 0.467 bits per heavy atom. The second-order valence-corrected chi connectivity index (χ2v) is 6.05. The molecule has 0 saturated heterocycles. The van der Waals surface area contributed by atoms with Crippen molar-refractivity contribution in [3.8, 4) is 0 Å². The first-order valence-electron chi connectivity index (χ1n) is 8.79. The fourth-order valence-corrected chi connectivity index (χ4v) is 2.31. The summed E-state index contributed by atoms with van der Waals surface area (Å²) in [5.41, 5.74) is 0. The molecule has 12 heteroatoms. The number of hydrogen-bond donors (Lipinski definition) is 0. The van der Waals surface area contributed by atoms with Crippen LogP contribution in [0.3, 0.4) is 0 Å². The van der Waals surface area contributed by atoms with Crippen molar-refractivity contribution in [3.63, 3.8) is 0 Å². The van der Waals surface area contributed by atoms with Gasteiger partial charge in [0.1, 0.15) is 13.2 Å². The average Bonchev–Trinajstić information content (AvgIpc) is 2.57. The van der Waals surface area contributed by atoms with E-state index in [0.29, 0.717) is 0 Å². The predicted octanol–water partition coefficient (Wildman–Crippen LogP) is -0.161. The number of ether oxygens (including phenoxy) is 6. The van der Waals surface area contributed by atoms with Crippen molar-refractivity contribution >= 4 is 35.8 Å². The standard InChI is InChI=1S/C18H26O12/c1-9(19)25-7-15(27-11(3)21)17(29-13(5)23)18(30-14(6)24)16(28-12(4)22)8-26-10(2)20/h15-18H,7-8H2,1-6H3/t15-,16+,17-,18-/m0/s1. The molecule has 0 aromatic carbocycles. The van der Waals surface area contributed by atoms with Gasteiger partial charge in [-0.15, -0.1) is 0 Å². The summed E-state index contributed by atoms with van der Waals surface area (Å²) in [5.74, 6) is -4.84. The van der Waals surface area contributed by atoms with Crippen molar-refractivity contribution in [2.45, 2.75) is 66.0 Å². The van der Waals surface area contributed by atoms with Crippen LogP contribution in [0.5, 0.6) is 0 Å². The largest absolute Gasteiger partial charge is 0.462 e. The molecule has 0 saturated carbocycles. The summed E-state index contributed by atoms with van der Waals surface area (Å²) in [5, 5.41) is 0. The third-order valence-electron chi connectivity index (χ3n) is 3.20. The van der Waals surface area contributed by atoms with Crippen molar-refractivity contribution in [2.75, 3.05) is 13.2 Å². The molecule has 4 atom stereocenters. The van der Waals surface area contributed by atoms with Crippen LogP contribution < -0.4 is 0 Å². The lowest BCUT2D eigenvalue weighted by molar-refractivity contribution is -0.206. The summed E-state index contributed by atoms with van der Waals surface area (Å²) in [6.45, 7) is 5.22. The van der Waals surface area contributed by atoms with Gasteiger partial charge in [-0.25, -0.2) is 0 Å². The van der Waals surface area contributed by atoms with Gasteiger partial charge >= 0.3 is 35.8 Å². The second-order valence-electron chi connectivity index (χ2n) is 6.05. The van der Waals surface area contributed by atoms with Gasteiger partial charge in [-0.05, 0) is 0 Å².